The molecular formula is C23H23BrN2O3. The molecule has 0 aliphatic rings. The van der Waals surface area contributed by atoms with Crippen molar-refractivity contribution >= 4 is 38.5 Å². The third-order valence-corrected chi connectivity index (χ3v) is 5.37. The first kappa shape index (κ1) is 20.9. The first-order valence-corrected chi connectivity index (χ1v) is 10.1. The van der Waals surface area contributed by atoms with Gasteiger partial charge < -0.3 is 15.8 Å². The molecule has 0 unspecified atom stereocenters. The Bertz CT molecular complexity index is 1050. The predicted molar refractivity (Wildman–Crippen MR) is 118 cm³/mol. The average Bonchev–Trinajstić information content (AvgIpc) is 2.70. The van der Waals surface area contributed by atoms with Crippen LogP contribution in [0.5, 0.6) is 5.75 Å². The van der Waals surface area contributed by atoms with Gasteiger partial charge in [0.2, 0.25) is 5.91 Å². The summed E-state index contributed by atoms with van der Waals surface area (Å²) in [6.45, 7) is 3.55. The molecule has 3 aromatic carbocycles. The summed E-state index contributed by atoms with van der Waals surface area (Å²) in [4.78, 5) is 24.6. The molecule has 0 heterocycles. The fourth-order valence-corrected chi connectivity index (χ4v) is 3.53. The van der Waals surface area contributed by atoms with Gasteiger partial charge in [0.25, 0.3) is 5.91 Å². The SMILES string of the molecule is CC(C)(NC(=O)c1cc(Br)c2ccccc2c1OCCc1ccccc1)C(N)=O. The highest BCUT2D eigenvalue weighted by atomic mass is 79.9. The van der Waals surface area contributed by atoms with Crippen molar-refractivity contribution in [2.45, 2.75) is 25.8 Å². The molecule has 3 N–H and O–H groups in total. The Labute approximate surface area is 178 Å². The Morgan fingerprint density at radius 3 is 2.31 bits per heavy atom. The van der Waals surface area contributed by atoms with E-state index in [9.17, 15) is 9.59 Å². The third kappa shape index (κ3) is 4.77. The summed E-state index contributed by atoms with van der Waals surface area (Å²) in [5, 5.41) is 4.45. The van der Waals surface area contributed by atoms with Gasteiger partial charge in [-0.25, -0.2) is 0 Å². The average molecular weight is 455 g/mol. The summed E-state index contributed by atoms with van der Waals surface area (Å²) in [6.07, 6.45) is 0.707. The molecule has 5 nitrogen and oxygen atoms in total. The van der Waals surface area contributed by atoms with Crippen molar-refractivity contribution in [3.05, 3.63) is 76.3 Å². The zero-order valence-corrected chi connectivity index (χ0v) is 18.0. The molecule has 0 aromatic heterocycles. The van der Waals surface area contributed by atoms with E-state index < -0.39 is 17.4 Å². The minimum absolute atomic E-state index is 0.345. The van der Waals surface area contributed by atoms with Crippen LogP contribution in [0.2, 0.25) is 0 Å². The number of carbonyl (C=O) groups is 2. The van der Waals surface area contributed by atoms with E-state index in [1.165, 1.54) is 0 Å². The Hall–Kier alpha value is -2.86. The number of amides is 2. The van der Waals surface area contributed by atoms with Gasteiger partial charge in [0.15, 0.2) is 0 Å². The lowest BCUT2D eigenvalue weighted by Gasteiger charge is -2.23. The van der Waals surface area contributed by atoms with Gasteiger partial charge in [0.05, 0.1) is 12.2 Å². The number of halogens is 1. The maximum absolute atomic E-state index is 13.0. The van der Waals surface area contributed by atoms with Crippen molar-refractivity contribution in [3.8, 4) is 5.75 Å². The number of hydrogen-bond acceptors (Lipinski definition) is 3. The van der Waals surface area contributed by atoms with Gasteiger partial charge in [-0.3, -0.25) is 9.59 Å². The molecule has 6 heteroatoms. The van der Waals surface area contributed by atoms with E-state index in [0.29, 0.717) is 24.3 Å². The second kappa shape index (κ2) is 8.66. The molecule has 0 atom stereocenters. The molecule has 3 aromatic rings. The zero-order chi connectivity index (χ0) is 21.0. The summed E-state index contributed by atoms with van der Waals surface area (Å²) in [6, 6.07) is 19.4. The number of hydrogen-bond donors (Lipinski definition) is 2. The van der Waals surface area contributed by atoms with E-state index in [4.69, 9.17) is 10.5 Å². The van der Waals surface area contributed by atoms with Gasteiger partial charge in [-0.05, 0) is 30.9 Å². The lowest BCUT2D eigenvalue weighted by molar-refractivity contribution is -0.122. The second-order valence-electron chi connectivity index (χ2n) is 7.31. The third-order valence-electron chi connectivity index (χ3n) is 4.71. The molecule has 0 aliphatic heterocycles. The van der Waals surface area contributed by atoms with Crippen LogP contribution in [0.1, 0.15) is 29.8 Å². The number of carbonyl (C=O) groups excluding carboxylic acids is 2. The molecular weight excluding hydrogens is 432 g/mol. The lowest BCUT2D eigenvalue weighted by Crippen LogP contribution is -2.53. The molecule has 0 saturated heterocycles. The first-order chi connectivity index (χ1) is 13.8. The molecule has 0 spiro atoms. The fourth-order valence-electron chi connectivity index (χ4n) is 2.96. The summed E-state index contributed by atoms with van der Waals surface area (Å²) in [5.41, 5.74) is 5.71. The quantitative estimate of drug-likeness (QED) is 0.560. The minimum atomic E-state index is -1.18. The summed E-state index contributed by atoms with van der Waals surface area (Å²) in [7, 11) is 0. The van der Waals surface area contributed by atoms with Crippen LogP contribution in [0.15, 0.2) is 65.1 Å². The highest BCUT2D eigenvalue weighted by Gasteiger charge is 2.29. The maximum atomic E-state index is 13.0. The smallest absolute Gasteiger partial charge is 0.255 e. The topological polar surface area (TPSA) is 81.4 Å². The van der Waals surface area contributed by atoms with Crippen LogP contribution in [0.4, 0.5) is 0 Å². The number of rotatable bonds is 7. The van der Waals surface area contributed by atoms with Crippen molar-refractivity contribution in [1.82, 2.24) is 5.32 Å². The Balaban J connectivity index is 1.96. The van der Waals surface area contributed by atoms with Gasteiger partial charge in [-0.2, -0.15) is 0 Å². The van der Waals surface area contributed by atoms with Crippen molar-refractivity contribution in [3.63, 3.8) is 0 Å². The van der Waals surface area contributed by atoms with Crippen molar-refractivity contribution in [2.75, 3.05) is 6.61 Å². The van der Waals surface area contributed by atoms with E-state index in [2.05, 4.69) is 21.2 Å². The molecule has 29 heavy (non-hydrogen) atoms. The van der Waals surface area contributed by atoms with Crippen LogP contribution in [0.25, 0.3) is 10.8 Å². The van der Waals surface area contributed by atoms with Crippen LogP contribution >= 0.6 is 15.9 Å². The second-order valence-corrected chi connectivity index (χ2v) is 8.16. The van der Waals surface area contributed by atoms with Gasteiger partial charge in [0.1, 0.15) is 11.3 Å². The minimum Gasteiger partial charge on any atom is -0.492 e. The van der Waals surface area contributed by atoms with E-state index in [1.807, 2.05) is 54.6 Å². The van der Waals surface area contributed by atoms with Crippen molar-refractivity contribution in [2.24, 2.45) is 5.73 Å². The van der Waals surface area contributed by atoms with E-state index in [-0.39, 0.29) is 0 Å². The first-order valence-electron chi connectivity index (χ1n) is 9.30. The lowest BCUT2D eigenvalue weighted by atomic mass is 10.0. The van der Waals surface area contributed by atoms with Crippen LogP contribution in [-0.4, -0.2) is 24.0 Å². The molecule has 0 bridgehead atoms. The molecule has 0 saturated carbocycles. The highest BCUT2D eigenvalue weighted by Crippen LogP contribution is 2.35. The van der Waals surface area contributed by atoms with E-state index in [1.54, 1.807) is 19.9 Å². The van der Waals surface area contributed by atoms with Gasteiger partial charge in [-0.1, -0.05) is 70.5 Å². The molecule has 150 valence electrons. The van der Waals surface area contributed by atoms with E-state index >= 15 is 0 Å². The summed E-state index contributed by atoms with van der Waals surface area (Å²) < 4.78 is 6.88. The predicted octanol–water partition coefficient (Wildman–Crippen LogP) is 4.22. The molecule has 0 radical (unpaired) electrons. The maximum Gasteiger partial charge on any atom is 0.255 e. The number of nitrogens with two attached hydrogens (primary N) is 1. The van der Waals surface area contributed by atoms with Crippen LogP contribution < -0.4 is 15.8 Å². The molecule has 0 fully saturated rings. The van der Waals surface area contributed by atoms with Crippen LogP contribution in [0, 0.1) is 0 Å². The summed E-state index contributed by atoms with van der Waals surface area (Å²) >= 11 is 3.54. The number of primary amides is 1. The monoisotopic (exact) mass is 454 g/mol. The highest BCUT2D eigenvalue weighted by molar-refractivity contribution is 9.10. The van der Waals surface area contributed by atoms with E-state index in [0.717, 1.165) is 20.8 Å². The van der Waals surface area contributed by atoms with Crippen LogP contribution in [0.3, 0.4) is 0 Å². The molecule has 2 amide bonds. The summed E-state index contributed by atoms with van der Waals surface area (Å²) in [5.74, 6) is -0.551. The largest absolute Gasteiger partial charge is 0.492 e. The Morgan fingerprint density at radius 1 is 1.03 bits per heavy atom. The van der Waals surface area contributed by atoms with Crippen LogP contribution in [-0.2, 0) is 11.2 Å². The molecule has 3 rings (SSSR count). The standard InChI is InChI=1S/C23H23BrN2O3/c1-23(2,22(25)28)26-21(27)18-14-19(24)16-10-6-7-11-17(16)20(18)29-13-12-15-8-4-3-5-9-15/h3-11,14H,12-13H2,1-2H3,(H2,25,28)(H,26,27). The zero-order valence-electron chi connectivity index (χ0n) is 16.4. The van der Waals surface area contributed by atoms with Gasteiger partial charge in [-0.15, -0.1) is 0 Å². The number of ether oxygens (including phenoxy) is 1. The van der Waals surface area contributed by atoms with Crippen molar-refractivity contribution < 1.29 is 14.3 Å². The van der Waals surface area contributed by atoms with Crippen molar-refractivity contribution in [1.29, 1.82) is 0 Å². The normalized spacial score (nSPS) is 11.3. The number of nitrogens with one attached hydrogen (secondary N) is 1. The Kier molecular flexibility index (Phi) is 6.23. The number of benzene rings is 3. The molecule has 0 aliphatic carbocycles. The van der Waals surface area contributed by atoms with Gasteiger partial charge in [0, 0.05) is 16.3 Å². The number of fused-ring (bicyclic) bond motifs is 1. The fraction of sp³-hybridized carbons (Fsp3) is 0.217. The van der Waals surface area contributed by atoms with Gasteiger partial charge >= 0.3 is 0 Å². The Morgan fingerprint density at radius 2 is 1.66 bits per heavy atom.